The Balaban J connectivity index is 2.13. The molecule has 0 saturated heterocycles. The van der Waals surface area contributed by atoms with Crippen LogP contribution in [0, 0.1) is 0 Å². The fourth-order valence-electron chi connectivity index (χ4n) is 2.32. The maximum atomic E-state index is 2.30. The molecule has 1 aliphatic rings. The molecular weight excluding hydrogens is 168 g/mol. The van der Waals surface area contributed by atoms with Crippen molar-refractivity contribution in [3.05, 3.63) is 71.3 Å². The van der Waals surface area contributed by atoms with Crippen molar-refractivity contribution in [2.75, 3.05) is 0 Å². The average molecular weight is 180 g/mol. The molecule has 2 aromatic rings. The molecule has 0 saturated carbocycles. The van der Waals surface area contributed by atoms with Gasteiger partial charge >= 0.3 is 0 Å². The SMILES string of the molecule is CC1(c2ccccc2)c2ccccc21. The van der Waals surface area contributed by atoms with Crippen molar-refractivity contribution < 1.29 is 0 Å². The Labute approximate surface area is 84.2 Å². The largest absolute Gasteiger partial charge is 0.0622 e. The summed E-state index contributed by atoms with van der Waals surface area (Å²) in [4.78, 5) is 0. The molecule has 1 aliphatic carbocycles. The Morgan fingerprint density at radius 3 is 1.79 bits per heavy atom. The Kier molecular flexibility index (Phi) is 1.38. The van der Waals surface area contributed by atoms with Gasteiger partial charge in [-0.05, 0) is 23.6 Å². The van der Waals surface area contributed by atoms with Crippen molar-refractivity contribution in [3.8, 4) is 0 Å². The quantitative estimate of drug-likeness (QED) is 0.631. The maximum Gasteiger partial charge on any atom is 0.0429 e. The zero-order valence-corrected chi connectivity index (χ0v) is 8.20. The topological polar surface area (TPSA) is 0 Å². The second-order valence-corrected chi connectivity index (χ2v) is 4.04. The Bertz CT molecular complexity index is 445. The van der Waals surface area contributed by atoms with Gasteiger partial charge in [0.25, 0.3) is 0 Å². The van der Waals surface area contributed by atoms with E-state index in [0.29, 0.717) is 0 Å². The molecule has 0 heteroatoms. The van der Waals surface area contributed by atoms with Crippen LogP contribution in [0.3, 0.4) is 0 Å². The summed E-state index contributed by atoms with van der Waals surface area (Å²) < 4.78 is 0. The van der Waals surface area contributed by atoms with E-state index in [4.69, 9.17) is 0 Å². The third-order valence-corrected chi connectivity index (χ3v) is 3.29. The van der Waals surface area contributed by atoms with Gasteiger partial charge in [0.05, 0.1) is 0 Å². The van der Waals surface area contributed by atoms with Gasteiger partial charge in [0, 0.05) is 5.41 Å². The molecule has 0 N–H and O–H groups in total. The van der Waals surface area contributed by atoms with Crippen molar-refractivity contribution in [3.63, 3.8) is 0 Å². The molecule has 0 aliphatic heterocycles. The molecule has 0 nitrogen and oxygen atoms in total. The molecule has 68 valence electrons. The third-order valence-electron chi connectivity index (χ3n) is 3.29. The number of benzene rings is 2. The summed E-state index contributed by atoms with van der Waals surface area (Å²) in [6, 6.07) is 19.4. The molecule has 14 heavy (non-hydrogen) atoms. The van der Waals surface area contributed by atoms with E-state index in [1.807, 2.05) is 0 Å². The number of hydrogen-bond acceptors (Lipinski definition) is 0. The molecule has 0 bridgehead atoms. The van der Waals surface area contributed by atoms with E-state index in [1.165, 1.54) is 16.7 Å². The average Bonchev–Trinajstić information content (AvgIpc) is 2.89. The van der Waals surface area contributed by atoms with E-state index in [0.717, 1.165) is 0 Å². The zero-order valence-electron chi connectivity index (χ0n) is 8.20. The first-order chi connectivity index (χ1) is 6.83. The summed E-state index contributed by atoms with van der Waals surface area (Å²) in [5.74, 6) is 0. The summed E-state index contributed by atoms with van der Waals surface area (Å²) in [6.45, 7) is 2.30. The summed E-state index contributed by atoms with van der Waals surface area (Å²) >= 11 is 0. The molecule has 3 rings (SSSR count). The van der Waals surface area contributed by atoms with E-state index < -0.39 is 0 Å². The van der Waals surface area contributed by atoms with Gasteiger partial charge in [-0.25, -0.2) is 0 Å². The van der Waals surface area contributed by atoms with Crippen LogP contribution < -0.4 is 0 Å². The van der Waals surface area contributed by atoms with E-state index in [9.17, 15) is 0 Å². The minimum absolute atomic E-state index is 0.199. The third kappa shape index (κ3) is 0.832. The van der Waals surface area contributed by atoms with Crippen molar-refractivity contribution >= 4 is 0 Å². The second-order valence-electron chi connectivity index (χ2n) is 4.04. The van der Waals surface area contributed by atoms with Crippen LogP contribution in [0.15, 0.2) is 54.6 Å². The molecule has 0 fully saturated rings. The zero-order chi connectivity index (χ0) is 9.60. The molecule has 0 spiro atoms. The first-order valence-corrected chi connectivity index (χ1v) is 4.99. The highest BCUT2D eigenvalue weighted by atomic mass is 14.5. The van der Waals surface area contributed by atoms with Crippen LogP contribution >= 0.6 is 0 Å². The van der Waals surface area contributed by atoms with Gasteiger partial charge in [-0.2, -0.15) is 0 Å². The maximum absolute atomic E-state index is 2.30. The van der Waals surface area contributed by atoms with Crippen LogP contribution in [0.4, 0.5) is 0 Å². The first kappa shape index (κ1) is 7.81. The first-order valence-electron chi connectivity index (χ1n) is 4.99. The van der Waals surface area contributed by atoms with Gasteiger partial charge in [-0.3, -0.25) is 0 Å². The van der Waals surface area contributed by atoms with Crippen LogP contribution in [0.25, 0.3) is 0 Å². The Hall–Kier alpha value is -1.56. The van der Waals surface area contributed by atoms with E-state index in [2.05, 4.69) is 61.5 Å². The lowest BCUT2D eigenvalue weighted by atomic mass is 9.94. The number of rotatable bonds is 1. The van der Waals surface area contributed by atoms with Gasteiger partial charge in [-0.1, -0.05) is 54.6 Å². The van der Waals surface area contributed by atoms with Gasteiger partial charge in [0.2, 0.25) is 0 Å². The van der Waals surface area contributed by atoms with E-state index >= 15 is 0 Å². The second kappa shape index (κ2) is 2.48. The van der Waals surface area contributed by atoms with Crippen LogP contribution in [-0.2, 0) is 5.41 Å². The van der Waals surface area contributed by atoms with Crippen LogP contribution in [0.1, 0.15) is 23.6 Å². The van der Waals surface area contributed by atoms with E-state index in [-0.39, 0.29) is 5.41 Å². The molecule has 0 atom stereocenters. The smallest absolute Gasteiger partial charge is 0.0429 e. The van der Waals surface area contributed by atoms with Gasteiger partial charge in [0.15, 0.2) is 0 Å². The van der Waals surface area contributed by atoms with Gasteiger partial charge in [-0.15, -0.1) is 0 Å². The Morgan fingerprint density at radius 1 is 0.714 bits per heavy atom. The minimum Gasteiger partial charge on any atom is -0.0622 e. The highest BCUT2D eigenvalue weighted by Gasteiger charge is 2.46. The fourth-order valence-corrected chi connectivity index (χ4v) is 2.32. The molecule has 0 unspecified atom stereocenters. The van der Waals surface area contributed by atoms with Gasteiger partial charge < -0.3 is 0 Å². The highest BCUT2D eigenvalue weighted by molar-refractivity contribution is 5.66. The van der Waals surface area contributed by atoms with Crippen molar-refractivity contribution in [1.82, 2.24) is 0 Å². The lowest BCUT2D eigenvalue weighted by Crippen LogP contribution is -2.03. The lowest BCUT2D eigenvalue weighted by molar-refractivity contribution is 0.853. The lowest BCUT2D eigenvalue weighted by Gasteiger charge is -2.09. The molecule has 0 radical (unpaired) electrons. The fraction of sp³-hybridized carbons (Fsp3) is 0.143. The Morgan fingerprint density at radius 2 is 1.21 bits per heavy atom. The number of hydrogen-bond donors (Lipinski definition) is 0. The van der Waals surface area contributed by atoms with Gasteiger partial charge in [0.1, 0.15) is 0 Å². The van der Waals surface area contributed by atoms with Crippen molar-refractivity contribution in [2.24, 2.45) is 0 Å². The molecule has 0 amide bonds. The standard InChI is InChI=1S/C14H12/c1-14(11-7-3-2-4-8-11)12-9-5-6-10-13(12)14/h2-10H,1H3. The molecule has 0 heterocycles. The molecular formula is C14H12. The summed E-state index contributed by atoms with van der Waals surface area (Å²) in [5.41, 5.74) is 4.56. The van der Waals surface area contributed by atoms with Crippen LogP contribution in [0.5, 0.6) is 0 Å². The summed E-state index contributed by atoms with van der Waals surface area (Å²) in [6.07, 6.45) is 0. The predicted octanol–water partition coefficient (Wildman–Crippen LogP) is 3.35. The van der Waals surface area contributed by atoms with Crippen LogP contribution in [0.2, 0.25) is 0 Å². The highest BCUT2D eigenvalue weighted by Crippen LogP contribution is 2.53. The van der Waals surface area contributed by atoms with E-state index in [1.54, 1.807) is 0 Å². The monoisotopic (exact) mass is 180 g/mol. The summed E-state index contributed by atoms with van der Waals surface area (Å²) in [7, 11) is 0. The molecule has 2 aromatic carbocycles. The van der Waals surface area contributed by atoms with Crippen molar-refractivity contribution in [2.45, 2.75) is 12.3 Å². The van der Waals surface area contributed by atoms with Crippen LogP contribution in [-0.4, -0.2) is 0 Å². The predicted molar refractivity (Wildman–Crippen MR) is 58.4 cm³/mol. The normalized spacial score (nSPS) is 16.1. The summed E-state index contributed by atoms with van der Waals surface area (Å²) in [5, 5.41) is 0. The molecule has 0 aromatic heterocycles. The number of fused-ring (bicyclic) bond motifs is 1. The minimum atomic E-state index is 0.199. The van der Waals surface area contributed by atoms with Crippen molar-refractivity contribution in [1.29, 1.82) is 0 Å².